The van der Waals surface area contributed by atoms with E-state index in [1.54, 1.807) is 0 Å². The van der Waals surface area contributed by atoms with Gasteiger partial charge < -0.3 is 11.1 Å². The molecule has 0 saturated heterocycles. The van der Waals surface area contributed by atoms with Crippen molar-refractivity contribution in [2.45, 2.75) is 52.0 Å². The maximum Gasteiger partial charge on any atom is 0.220 e. The zero-order chi connectivity index (χ0) is 11.0. The quantitative estimate of drug-likeness (QED) is 0.637. The molecule has 0 heterocycles. The number of nitrogens with two attached hydrogens (primary N) is 1. The van der Waals surface area contributed by atoms with Gasteiger partial charge in [-0.05, 0) is 12.8 Å². The Labute approximate surface area is 91.4 Å². The molecule has 0 saturated carbocycles. The number of carbonyl (C=O) groups is 1. The van der Waals surface area contributed by atoms with E-state index in [1.165, 1.54) is 0 Å². The molecule has 0 rings (SSSR count). The van der Waals surface area contributed by atoms with Gasteiger partial charge in [-0.1, -0.05) is 38.9 Å². The number of amides is 1. The van der Waals surface area contributed by atoms with Gasteiger partial charge in [-0.15, -0.1) is 0 Å². The van der Waals surface area contributed by atoms with Gasteiger partial charge in [0.2, 0.25) is 5.91 Å². The molecule has 14 heavy (non-hydrogen) atoms. The predicted octanol–water partition coefficient (Wildman–Crippen LogP) is 1.75. The van der Waals surface area contributed by atoms with E-state index in [0.717, 1.165) is 25.7 Å². The molecule has 0 fully saturated rings. The zero-order valence-electron chi connectivity index (χ0n) is 9.01. The van der Waals surface area contributed by atoms with Crippen LogP contribution < -0.4 is 11.1 Å². The van der Waals surface area contributed by atoms with Crippen molar-refractivity contribution in [2.24, 2.45) is 5.73 Å². The Morgan fingerprint density at radius 1 is 1.43 bits per heavy atom. The van der Waals surface area contributed by atoms with E-state index in [0.29, 0.717) is 11.4 Å². The summed E-state index contributed by atoms with van der Waals surface area (Å²) in [6.07, 6.45) is 4.31. The highest BCUT2D eigenvalue weighted by Gasteiger charge is 2.12. The number of hydrogen-bond donors (Lipinski definition) is 2. The molecule has 0 aliphatic carbocycles. The molecule has 1 atom stereocenters. The molecule has 1 unspecified atom stereocenters. The summed E-state index contributed by atoms with van der Waals surface area (Å²) in [5, 5.41) is 2.85. The van der Waals surface area contributed by atoms with E-state index in [2.05, 4.69) is 12.2 Å². The van der Waals surface area contributed by atoms with Crippen molar-refractivity contribution >= 4 is 23.1 Å². The van der Waals surface area contributed by atoms with Crippen LogP contribution in [0.15, 0.2) is 0 Å². The smallest absolute Gasteiger partial charge is 0.220 e. The summed E-state index contributed by atoms with van der Waals surface area (Å²) in [6.45, 7) is 4.11. The fourth-order valence-electron chi connectivity index (χ4n) is 1.18. The van der Waals surface area contributed by atoms with Gasteiger partial charge in [0.25, 0.3) is 0 Å². The zero-order valence-corrected chi connectivity index (χ0v) is 9.82. The van der Waals surface area contributed by atoms with Crippen LogP contribution in [0.5, 0.6) is 0 Å². The highest BCUT2D eigenvalue weighted by atomic mass is 32.1. The molecule has 4 heteroatoms. The van der Waals surface area contributed by atoms with E-state index >= 15 is 0 Å². The van der Waals surface area contributed by atoms with Crippen LogP contribution in [0.1, 0.15) is 46.0 Å². The molecule has 0 radical (unpaired) electrons. The molecule has 0 bridgehead atoms. The lowest BCUT2D eigenvalue weighted by Crippen LogP contribution is -2.43. The molecular formula is C10H20N2OS. The first kappa shape index (κ1) is 13.4. The monoisotopic (exact) mass is 216 g/mol. The molecular weight excluding hydrogens is 196 g/mol. The molecule has 0 spiro atoms. The molecule has 3 nitrogen and oxygen atoms in total. The number of rotatable bonds is 7. The Bertz CT molecular complexity index is 195. The van der Waals surface area contributed by atoms with Crippen molar-refractivity contribution < 1.29 is 4.79 Å². The Kier molecular flexibility index (Phi) is 7.38. The van der Waals surface area contributed by atoms with Crippen LogP contribution in [0, 0.1) is 0 Å². The van der Waals surface area contributed by atoms with Crippen molar-refractivity contribution in [3.63, 3.8) is 0 Å². The predicted molar refractivity (Wildman–Crippen MR) is 63.1 cm³/mol. The first-order valence-electron chi connectivity index (χ1n) is 5.20. The molecule has 0 aromatic carbocycles. The summed E-state index contributed by atoms with van der Waals surface area (Å²) in [6, 6.07) is -0.126. The Morgan fingerprint density at radius 2 is 2.07 bits per heavy atom. The van der Waals surface area contributed by atoms with E-state index in [1.807, 2.05) is 6.92 Å². The fourth-order valence-corrected chi connectivity index (χ4v) is 1.35. The maximum absolute atomic E-state index is 11.4. The topological polar surface area (TPSA) is 55.1 Å². The lowest BCUT2D eigenvalue weighted by atomic mass is 10.1. The van der Waals surface area contributed by atoms with Gasteiger partial charge in [-0.2, -0.15) is 0 Å². The van der Waals surface area contributed by atoms with Crippen molar-refractivity contribution in [2.75, 3.05) is 0 Å². The molecule has 1 amide bonds. The third-order valence-corrected chi connectivity index (χ3v) is 2.30. The Morgan fingerprint density at radius 3 is 2.50 bits per heavy atom. The van der Waals surface area contributed by atoms with Gasteiger partial charge in [0.05, 0.1) is 11.0 Å². The highest BCUT2D eigenvalue weighted by molar-refractivity contribution is 7.80. The first-order chi connectivity index (χ1) is 6.61. The van der Waals surface area contributed by atoms with Crippen LogP contribution >= 0.6 is 12.2 Å². The molecule has 0 aromatic heterocycles. The summed E-state index contributed by atoms with van der Waals surface area (Å²) in [7, 11) is 0. The minimum atomic E-state index is -0.126. The first-order valence-corrected chi connectivity index (χ1v) is 5.61. The Balaban J connectivity index is 3.90. The van der Waals surface area contributed by atoms with Crippen molar-refractivity contribution in [3.05, 3.63) is 0 Å². The van der Waals surface area contributed by atoms with Crippen LogP contribution in [0.25, 0.3) is 0 Å². The third kappa shape index (κ3) is 5.91. The summed E-state index contributed by atoms with van der Waals surface area (Å²) >= 11 is 4.88. The Hall–Kier alpha value is -0.640. The second-order valence-electron chi connectivity index (χ2n) is 3.41. The summed E-state index contributed by atoms with van der Waals surface area (Å²) in [4.78, 5) is 11.8. The average molecular weight is 216 g/mol. The van der Waals surface area contributed by atoms with Gasteiger partial charge in [-0.25, -0.2) is 0 Å². The lowest BCUT2D eigenvalue weighted by molar-refractivity contribution is -0.121. The highest BCUT2D eigenvalue weighted by Crippen LogP contribution is 1.99. The van der Waals surface area contributed by atoms with Crippen LogP contribution in [0.2, 0.25) is 0 Å². The second-order valence-corrected chi connectivity index (χ2v) is 3.89. The number of nitrogens with one attached hydrogen (secondary N) is 1. The molecule has 0 aliphatic heterocycles. The molecule has 0 aromatic rings. The van der Waals surface area contributed by atoms with Crippen LogP contribution in [-0.4, -0.2) is 16.9 Å². The average Bonchev–Trinajstić information content (AvgIpc) is 2.14. The summed E-state index contributed by atoms with van der Waals surface area (Å²) in [5.41, 5.74) is 5.52. The van der Waals surface area contributed by atoms with Gasteiger partial charge in [0, 0.05) is 6.42 Å². The summed E-state index contributed by atoms with van der Waals surface area (Å²) in [5.74, 6) is 0.0538. The SMILES string of the molecule is CCCCC(=O)NC(CCC)C(N)=S. The third-order valence-electron chi connectivity index (χ3n) is 2.01. The van der Waals surface area contributed by atoms with Crippen LogP contribution in [-0.2, 0) is 4.79 Å². The molecule has 3 N–H and O–H groups in total. The van der Waals surface area contributed by atoms with Crippen molar-refractivity contribution in [1.29, 1.82) is 0 Å². The van der Waals surface area contributed by atoms with E-state index < -0.39 is 0 Å². The number of hydrogen-bond acceptors (Lipinski definition) is 2. The minimum Gasteiger partial charge on any atom is -0.392 e. The number of carbonyl (C=O) groups excluding carboxylic acids is 1. The normalized spacial score (nSPS) is 12.1. The number of unbranched alkanes of at least 4 members (excludes halogenated alkanes) is 1. The van der Waals surface area contributed by atoms with Gasteiger partial charge in [0.15, 0.2) is 0 Å². The fraction of sp³-hybridized carbons (Fsp3) is 0.800. The van der Waals surface area contributed by atoms with Gasteiger partial charge in [0.1, 0.15) is 0 Å². The van der Waals surface area contributed by atoms with Crippen molar-refractivity contribution in [3.8, 4) is 0 Å². The standard InChI is InChI=1S/C10H20N2OS/c1-3-5-7-9(13)12-8(6-4-2)10(11)14/h8H,3-7H2,1-2H3,(H2,11,14)(H,12,13). The van der Waals surface area contributed by atoms with E-state index in [-0.39, 0.29) is 11.9 Å². The van der Waals surface area contributed by atoms with E-state index in [4.69, 9.17) is 18.0 Å². The molecule has 0 aliphatic rings. The largest absolute Gasteiger partial charge is 0.392 e. The van der Waals surface area contributed by atoms with E-state index in [9.17, 15) is 4.79 Å². The minimum absolute atomic E-state index is 0.0538. The number of thiocarbonyl (C=S) groups is 1. The van der Waals surface area contributed by atoms with Gasteiger partial charge in [-0.3, -0.25) is 4.79 Å². The second kappa shape index (κ2) is 7.74. The van der Waals surface area contributed by atoms with Gasteiger partial charge >= 0.3 is 0 Å². The lowest BCUT2D eigenvalue weighted by Gasteiger charge is -2.16. The molecule has 82 valence electrons. The summed E-state index contributed by atoms with van der Waals surface area (Å²) < 4.78 is 0. The van der Waals surface area contributed by atoms with Crippen LogP contribution in [0.4, 0.5) is 0 Å². The maximum atomic E-state index is 11.4. The van der Waals surface area contributed by atoms with Crippen LogP contribution in [0.3, 0.4) is 0 Å². The van der Waals surface area contributed by atoms with Crippen molar-refractivity contribution in [1.82, 2.24) is 5.32 Å².